The summed E-state index contributed by atoms with van der Waals surface area (Å²) in [5.74, 6) is -0.856. The summed E-state index contributed by atoms with van der Waals surface area (Å²) in [6.45, 7) is 1.86. The summed E-state index contributed by atoms with van der Waals surface area (Å²) in [6.07, 6.45) is 1.84. The molecule has 14 heavy (non-hydrogen) atoms. The molecule has 1 aromatic carbocycles. The minimum Gasteiger partial charge on any atom is -0.478 e. The van der Waals surface area contributed by atoms with Gasteiger partial charge in [0.1, 0.15) is 0 Å². The summed E-state index contributed by atoms with van der Waals surface area (Å²) in [5.41, 5.74) is 9.43. The van der Waals surface area contributed by atoms with E-state index in [1.54, 1.807) is 6.07 Å². The van der Waals surface area contributed by atoms with Crippen LogP contribution in [0.25, 0.3) is 0 Å². The van der Waals surface area contributed by atoms with Crippen LogP contribution in [0.4, 0.5) is 0 Å². The molecule has 74 valence electrons. The molecule has 3 nitrogen and oxygen atoms in total. The highest BCUT2D eigenvalue weighted by molar-refractivity contribution is 5.90. The second kappa shape index (κ2) is 3.10. The first kappa shape index (κ1) is 9.21. The van der Waals surface area contributed by atoms with Gasteiger partial charge in [0, 0.05) is 6.04 Å². The quantitative estimate of drug-likeness (QED) is 0.709. The van der Waals surface area contributed by atoms with Gasteiger partial charge in [-0.2, -0.15) is 0 Å². The second-order valence-corrected chi connectivity index (χ2v) is 3.76. The molecule has 1 aliphatic carbocycles. The van der Waals surface area contributed by atoms with Crippen molar-refractivity contribution in [2.24, 2.45) is 5.73 Å². The Morgan fingerprint density at radius 1 is 1.57 bits per heavy atom. The van der Waals surface area contributed by atoms with Gasteiger partial charge in [-0.15, -0.1) is 0 Å². The highest BCUT2D eigenvalue weighted by atomic mass is 16.4. The van der Waals surface area contributed by atoms with Crippen molar-refractivity contribution < 1.29 is 9.90 Å². The molecule has 0 spiro atoms. The Hall–Kier alpha value is -1.35. The fraction of sp³-hybridized carbons (Fsp3) is 0.364. The van der Waals surface area contributed by atoms with E-state index in [9.17, 15) is 4.79 Å². The summed E-state index contributed by atoms with van der Waals surface area (Å²) in [6, 6.07) is 3.59. The first-order valence-electron chi connectivity index (χ1n) is 4.72. The Morgan fingerprint density at radius 3 is 2.93 bits per heavy atom. The Kier molecular flexibility index (Phi) is 2.04. The van der Waals surface area contributed by atoms with Gasteiger partial charge in [0.05, 0.1) is 5.56 Å². The van der Waals surface area contributed by atoms with Crippen molar-refractivity contribution in [2.75, 3.05) is 0 Å². The largest absolute Gasteiger partial charge is 0.478 e. The van der Waals surface area contributed by atoms with Crippen molar-refractivity contribution in [2.45, 2.75) is 25.8 Å². The van der Waals surface area contributed by atoms with Crippen molar-refractivity contribution >= 4 is 5.97 Å². The molecule has 0 heterocycles. The lowest BCUT2D eigenvalue weighted by Crippen LogP contribution is -2.07. The van der Waals surface area contributed by atoms with Crippen LogP contribution in [0.15, 0.2) is 12.1 Å². The predicted molar refractivity (Wildman–Crippen MR) is 53.4 cm³/mol. The van der Waals surface area contributed by atoms with Crippen LogP contribution in [0.1, 0.15) is 39.5 Å². The average molecular weight is 191 g/mol. The molecule has 0 saturated heterocycles. The minimum atomic E-state index is -0.856. The molecule has 0 amide bonds. The molecular formula is C11H13NO2. The summed E-state index contributed by atoms with van der Waals surface area (Å²) in [4.78, 5) is 10.9. The van der Waals surface area contributed by atoms with Crippen LogP contribution >= 0.6 is 0 Å². The first-order valence-corrected chi connectivity index (χ1v) is 4.72. The van der Waals surface area contributed by atoms with Crippen molar-refractivity contribution in [3.63, 3.8) is 0 Å². The molecule has 1 atom stereocenters. The number of benzene rings is 1. The maximum atomic E-state index is 10.9. The lowest BCUT2D eigenvalue weighted by atomic mass is 9.98. The highest BCUT2D eigenvalue weighted by Crippen LogP contribution is 2.32. The predicted octanol–water partition coefficient (Wildman–Crippen LogP) is 1.64. The smallest absolute Gasteiger partial charge is 0.335 e. The highest BCUT2D eigenvalue weighted by Gasteiger charge is 2.23. The van der Waals surface area contributed by atoms with Crippen molar-refractivity contribution in [1.82, 2.24) is 0 Å². The Balaban J connectivity index is 2.58. The number of carboxylic acids is 1. The van der Waals surface area contributed by atoms with Crippen molar-refractivity contribution in [1.29, 1.82) is 0 Å². The van der Waals surface area contributed by atoms with Gasteiger partial charge in [0.2, 0.25) is 0 Å². The van der Waals surface area contributed by atoms with Gasteiger partial charge in [-0.1, -0.05) is 6.07 Å². The number of rotatable bonds is 1. The molecule has 0 aliphatic heterocycles. The number of aromatic carboxylic acids is 1. The number of carbonyl (C=O) groups is 1. The zero-order valence-corrected chi connectivity index (χ0v) is 8.08. The SMILES string of the molecule is Cc1c(C(=O)O)ccc2c1CC[C@@H]2N. The van der Waals surface area contributed by atoms with Crippen LogP contribution in [-0.2, 0) is 6.42 Å². The number of fused-ring (bicyclic) bond motifs is 1. The zero-order valence-electron chi connectivity index (χ0n) is 8.08. The number of hydrogen-bond acceptors (Lipinski definition) is 2. The van der Waals surface area contributed by atoms with E-state index < -0.39 is 5.97 Å². The first-order chi connectivity index (χ1) is 6.61. The summed E-state index contributed by atoms with van der Waals surface area (Å²) < 4.78 is 0. The zero-order chi connectivity index (χ0) is 10.3. The van der Waals surface area contributed by atoms with Gasteiger partial charge in [-0.3, -0.25) is 0 Å². The van der Waals surface area contributed by atoms with E-state index >= 15 is 0 Å². The van der Waals surface area contributed by atoms with Gasteiger partial charge >= 0.3 is 5.97 Å². The molecule has 0 saturated carbocycles. The minimum absolute atomic E-state index is 0.0894. The van der Waals surface area contributed by atoms with Crippen LogP contribution in [0.2, 0.25) is 0 Å². The number of nitrogens with two attached hydrogens (primary N) is 1. The van der Waals surface area contributed by atoms with Crippen molar-refractivity contribution in [3.8, 4) is 0 Å². The Morgan fingerprint density at radius 2 is 2.29 bits per heavy atom. The van der Waals surface area contributed by atoms with Crippen LogP contribution < -0.4 is 5.73 Å². The summed E-state index contributed by atoms with van der Waals surface area (Å²) in [5, 5.41) is 8.93. The Labute approximate surface area is 82.5 Å². The number of carboxylic acid groups (broad SMARTS) is 1. The summed E-state index contributed by atoms with van der Waals surface area (Å²) in [7, 11) is 0. The van der Waals surface area contributed by atoms with E-state index in [-0.39, 0.29) is 6.04 Å². The van der Waals surface area contributed by atoms with Crippen LogP contribution in [0.5, 0.6) is 0 Å². The maximum absolute atomic E-state index is 10.9. The molecule has 3 heteroatoms. The third kappa shape index (κ3) is 1.21. The number of hydrogen-bond donors (Lipinski definition) is 2. The fourth-order valence-corrected chi connectivity index (χ4v) is 2.14. The van der Waals surface area contributed by atoms with Gasteiger partial charge in [0.15, 0.2) is 0 Å². The summed E-state index contributed by atoms with van der Waals surface area (Å²) >= 11 is 0. The van der Waals surface area contributed by atoms with Crippen LogP contribution in [0, 0.1) is 6.92 Å². The fourth-order valence-electron chi connectivity index (χ4n) is 2.14. The van der Waals surface area contributed by atoms with E-state index in [0.717, 1.165) is 29.5 Å². The molecule has 0 aromatic heterocycles. The van der Waals surface area contributed by atoms with E-state index in [0.29, 0.717) is 5.56 Å². The third-order valence-corrected chi connectivity index (χ3v) is 2.97. The maximum Gasteiger partial charge on any atom is 0.335 e. The van der Waals surface area contributed by atoms with Crippen molar-refractivity contribution in [3.05, 3.63) is 34.4 Å². The van der Waals surface area contributed by atoms with Crippen LogP contribution in [0.3, 0.4) is 0 Å². The Bertz CT molecular complexity index is 399. The normalized spacial score (nSPS) is 19.4. The molecule has 1 aliphatic rings. The topological polar surface area (TPSA) is 63.3 Å². The monoisotopic (exact) mass is 191 g/mol. The lowest BCUT2D eigenvalue weighted by Gasteiger charge is -2.09. The lowest BCUT2D eigenvalue weighted by molar-refractivity contribution is 0.0696. The van der Waals surface area contributed by atoms with Gasteiger partial charge in [-0.05, 0) is 42.5 Å². The van der Waals surface area contributed by atoms with Gasteiger partial charge in [0.25, 0.3) is 0 Å². The van der Waals surface area contributed by atoms with E-state index in [1.807, 2.05) is 13.0 Å². The van der Waals surface area contributed by atoms with E-state index in [2.05, 4.69) is 0 Å². The molecular weight excluding hydrogens is 178 g/mol. The molecule has 0 radical (unpaired) electrons. The molecule has 0 fully saturated rings. The average Bonchev–Trinajstić information content (AvgIpc) is 2.49. The second-order valence-electron chi connectivity index (χ2n) is 3.76. The standard InChI is InChI=1S/C11H13NO2/c1-6-7-4-5-10(12)9(7)3-2-8(6)11(13)14/h2-3,10H,4-5,12H2,1H3,(H,13,14)/t10-/m0/s1. The molecule has 0 bridgehead atoms. The van der Waals surface area contributed by atoms with Gasteiger partial charge < -0.3 is 10.8 Å². The molecule has 3 N–H and O–H groups in total. The van der Waals surface area contributed by atoms with E-state index in [1.165, 1.54) is 0 Å². The van der Waals surface area contributed by atoms with E-state index in [4.69, 9.17) is 10.8 Å². The third-order valence-electron chi connectivity index (χ3n) is 2.97. The van der Waals surface area contributed by atoms with Gasteiger partial charge in [-0.25, -0.2) is 4.79 Å². The van der Waals surface area contributed by atoms with Crippen LogP contribution in [-0.4, -0.2) is 11.1 Å². The molecule has 2 rings (SSSR count). The molecule has 1 aromatic rings. The molecule has 0 unspecified atom stereocenters.